The zero-order valence-electron chi connectivity index (χ0n) is 17.4. The lowest BCUT2D eigenvalue weighted by atomic mass is 10.0. The fourth-order valence-electron chi connectivity index (χ4n) is 3.60. The van der Waals surface area contributed by atoms with E-state index in [2.05, 4.69) is 25.7 Å². The van der Waals surface area contributed by atoms with Gasteiger partial charge in [0, 0.05) is 28.7 Å². The minimum absolute atomic E-state index is 0.321. The number of hydrogen-bond donors (Lipinski definition) is 3. The highest BCUT2D eigenvalue weighted by Gasteiger charge is 2.19. The normalized spacial score (nSPS) is 11.0. The van der Waals surface area contributed by atoms with Gasteiger partial charge in [-0.1, -0.05) is 12.1 Å². The SMILES string of the molecule is Cc1cc(NC(=O)Nc2ccc(-c3c(-c4cnco4)cn4ncnc(N)c34)cc2)ccc1F. The summed E-state index contributed by atoms with van der Waals surface area (Å²) >= 11 is 0. The average molecular weight is 443 g/mol. The van der Waals surface area contributed by atoms with Crippen LogP contribution in [-0.4, -0.2) is 25.6 Å². The van der Waals surface area contributed by atoms with Gasteiger partial charge in [-0.15, -0.1) is 0 Å². The first-order valence-electron chi connectivity index (χ1n) is 9.95. The molecule has 0 spiro atoms. The molecule has 10 heteroatoms. The number of amides is 2. The van der Waals surface area contributed by atoms with Gasteiger partial charge in [0.15, 0.2) is 18.0 Å². The predicted molar refractivity (Wildman–Crippen MR) is 122 cm³/mol. The van der Waals surface area contributed by atoms with E-state index in [9.17, 15) is 9.18 Å². The molecule has 0 saturated heterocycles. The van der Waals surface area contributed by atoms with Crippen molar-refractivity contribution in [2.24, 2.45) is 0 Å². The molecule has 0 atom stereocenters. The first kappa shape index (κ1) is 20.2. The fraction of sp³-hybridized carbons (Fsp3) is 0.0435. The second-order valence-corrected chi connectivity index (χ2v) is 7.34. The smallest absolute Gasteiger partial charge is 0.323 e. The first-order valence-corrected chi connectivity index (χ1v) is 9.95. The molecule has 0 saturated carbocycles. The highest BCUT2D eigenvalue weighted by molar-refractivity contribution is 6.01. The maximum Gasteiger partial charge on any atom is 0.323 e. The van der Waals surface area contributed by atoms with Crippen molar-refractivity contribution in [3.63, 3.8) is 0 Å². The molecule has 164 valence electrons. The Kier molecular flexibility index (Phi) is 4.94. The van der Waals surface area contributed by atoms with Gasteiger partial charge in [-0.3, -0.25) is 0 Å². The fourth-order valence-corrected chi connectivity index (χ4v) is 3.60. The van der Waals surface area contributed by atoms with E-state index in [1.165, 1.54) is 24.9 Å². The number of oxazole rings is 1. The van der Waals surface area contributed by atoms with Crippen LogP contribution < -0.4 is 16.4 Å². The Balaban J connectivity index is 1.43. The Labute approximate surface area is 187 Å². The molecule has 0 aliphatic carbocycles. The van der Waals surface area contributed by atoms with Crippen molar-refractivity contribution in [2.75, 3.05) is 16.4 Å². The van der Waals surface area contributed by atoms with Gasteiger partial charge in [0.25, 0.3) is 0 Å². The topological polar surface area (TPSA) is 123 Å². The molecule has 0 fully saturated rings. The maximum atomic E-state index is 13.4. The Morgan fingerprint density at radius 3 is 2.61 bits per heavy atom. The molecule has 0 aliphatic heterocycles. The molecule has 3 aromatic heterocycles. The second kappa shape index (κ2) is 8.08. The van der Waals surface area contributed by atoms with Gasteiger partial charge in [0.2, 0.25) is 0 Å². The number of nitrogens with two attached hydrogens (primary N) is 1. The monoisotopic (exact) mass is 443 g/mol. The number of halogens is 1. The molecule has 0 bridgehead atoms. The zero-order valence-corrected chi connectivity index (χ0v) is 17.4. The number of carbonyl (C=O) groups is 1. The molecule has 0 unspecified atom stereocenters. The summed E-state index contributed by atoms with van der Waals surface area (Å²) in [7, 11) is 0. The van der Waals surface area contributed by atoms with Crippen molar-refractivity contribution < 1.29 is 13.6 Å². The molecule has 0 radical (unpaired) electrons. The van der Waals surface area contributed by atoms with E-state index in [0.717, 1.165) is 16.7 Å². The van der Waals surface area contributed by atoms with E-state index in [-0.39, 0.29) is 5.82 Å². The summed E-state index contributed by atoms with van der Waals surface area (Å²) in [4.78, 5) is 20.5. The first-order chi connectivity index (χ1) is 16.0. The van der Waals surface area contributed by atoms with Gasteiger partial charge in [0.1, 0.15) is 17.7 Å². The van der Waals surface area contributed by atoms with Crippen LogP contribution in [0.4, 0.5) is 26.4 Å². The lowest BCUT2D eigenvalue weighted by Crippen LogP contribution is -2.19. The number of carbonyl (C=O) groups excluding carboxylic acids is 1. The van der Waals surface area contributed by atoms with Crippen molar-refractivity contribution >= 4 is 28.7 Å². The molecule has 9 nitrogen and oxygen atoms in total. The number of nitrogens with zero attached hydrogens (tertiary/aromatic N) is 4. The number of anilines is 3. The summed E-state index contributed by atoms with van der Waals surface area (Å²) in [5.41, 5.74) is 10.7. The van der Waals surface area contributed by atoms with Gasteiger partial charge in [-0.2, -0.15) is 5.10 Å². The molecular formula is C23H18FN7O2. The molecule has 2 amide bonds. The van der Waals surface area contributed by atoms with Gasteiger partial charge < -0.3 is 20.8 Å². The summed E-state index contributed by atoms with van der Waals surface area (Å²) < 4.78 is 20.6. The molecule has 5 aromatic rings. The third-order valence-corrected chi connectivity index (χ3v) is 5.15. The van der Waals surface area contributed by atoms with Gasteiger partial charge in [-0.25, -0.2) is 23.7 Å². The lowest BCUT2D eigenvalue weighted by Gasteiger charge is -2.10. The van der Waals surface area contributed by atoms with Crippen LogP contribution in [0, 0.1) is 12.7 Å². The number of aryl methyl sites for hydroxylation is 1. The van der Waals surface area contributed by atoms with Crippen molar-refractivity contribution in [2.45, 2.75) is 6.92 Å². The third kappa shape index (κ3) is 3.85. The molecule has 33 heavy (non-hydrogen) atoms. The number of nitrogen functional groups attached to an aromatic ring is 1. The molecule has 2 aromatic carbocycles. The van der Waals surface area contributed by atoms with Crippen LogP contribution in [0.25, 0.3) is 28.0 Å². The minimum atomic E-state index is -0.442. The largest absolute Gasteiger partial charge is 0.443 e. The average Bonchev–Trinajstić information content (AvgIpc) is 3.45. The highest BCUT2D eigenvalue weighted by Crippen LogP contribution is 2.38. The lowest BCUT2D eigenvalue weighted by molar-refractivity contribution is 0.262. The molecule has 5 rings (SSSR count). The van der Waals surface area contributed by atoms with Crippen LogP contribution in [0.15, 0.2) is 72.0 Å². The van der Waals surface area contributed by atoms with Crippen LogP contribution in [0.1, 0.15) is 5.56 Å². The Hall–Kier alpha value is -4.73. The van der Waals surface area contributed by atoms with Gasteiger partial charge in [0.05, 0.1) is 6.20 Å². The Bertz CT molecular complexity index is 1460. The van der Waals surface area contributed by atoms with E-state index >= 15 is 0 Å². The summed E-state index contributed by atoms with van der Waals surface area (Å²) in [5.74, 6) is 0.554. The number of nitrogens with one attached hydrogen (secondary N) is 2. The van der Waals surface area contributed by atoms with E-state index in [0.29, 0.717) is 34.0 Å². The number of hydrogen-bond acceptors (Lipinski definition) is 6. The second-order valence-electron chi connectivity index (χ2n) is 7.34. The predicted octanol–water partition coefficient (Wildman–Crippen LogP) is 4.73. The molecule has 3 heterocycles. The van der Waals surface area contributed by atoms with Gasteiger partial charge >= 0.3 is 6.03 Å². The van der Waals surface area contributed by atoms with E-state index in [1.807, 2.05) is 12.1 Å². The molecule has 4 N–H and O–H groups in total. The van der Waals surface area contributed by atoms with Crippen LogP contribution >= 0.6 is 0 Å². The highest BCUT2D eigenvalue weighted by atomic mass is 19.1. The number of benzene rings is 2. The third-order valence-electron chi connectivity index (χ3n) is 5.15. The standard InChI is InChI=1S/C23H18FN7O2/c1-13-8-16(6-7-18(13)24)30-23(32)29-15-4-2-14(3-5-15)20-17(19-9-26-12-33-19)10-31-21(20)22(25)27-11-28-31/h2-12H,1H3,(H2,25,27,28)(H2,29,30,32). The Morgan fingerprint density at radius 2 is 1.88 bits per heavy atom. The summed E-state index contributed by atoms with van der Waals surface area (Å²) in [6.45, 7) is 1.63. The number of urea groups is 1. The number of rotatable bonds is 4. The quantitative estimate of drug-likeness (QED) is 0.369. The van der Waals surface area contributed by atoms with Crippen LogP contribution in [0.5, 0.6) is 0 Å². The van der Waals surface area contributed by atoms with Crippen molar-refractivity contribution in [1.82, 2.24) is 19.6 Å². The maximum absolute atomic E-state index is 13.4. The van der Waals surface area contributed by atoms with Gasteiger partial charge in [-0.05, 0) is 48.4 Å². The van der Waals surface area contributed by atoms with Crippen LogP contribution in [-0.2, 0) is 0 Å². The van der Waals surface area contributed by atoms with E-state index in [1.54, 1.807) is 42.0 Å². The van der Waals surface area contributed by atoms with Crippen LogP contribution in [0.2, 0.25) is 0 Å². The van der Waals surface area contributed by atoms with Crippen molar-refractivity contribution in [3.8, 4) is 22.5 Å². The summed E-state index contributed by atoms with van der Waals surface area (Å²) in [6, 6.07) is 11.1. The summed E-state index contributed by atoms with van der Waals surface area (Å²) in [6.07, 6.45) is 6.14. The molecule has 0 aliphatic rings. The van der Waals surface area contributed by atoms with Crippen molar-refractivity contribution in [3.05, 3.63) is 79.0 Å². The summed E-state index contributed by atoms with van der Waals surface area (Å²) in [5, 5.41) is 9.69. The van der Waals surface area contributed by atoms with Crippen LogP contribution in [0.3, 0.4) is 0 Å². The van der Waals surface area contributed by atoms with Crippen molar-refractivity contribution in [1.29, 1.82) is 0 Å². The number of fused-ring (bicyclic) bond motifs is 1. The molecular weight excluding hydrogens is 425 g/mol. The zero-order chi connectivity index (χ0) is 22.9. The minimum Gasteiger partial charge on any atom is -0.443 e. The van der Waals surface area contributed by atoms with E-state index in [4.69, 9.17) is 10.2 Å². The number of aromatic nitrogens is 4. The Morgan fingerprint density at radius 1 is 1.12 bits per heavy atom. The van der Waals surface area contributed by atoms with E-state index < -0.39 is 6.03 Å².